The fourth-order valence-electron chi connectivity index (χ4n) is 1.56. The highest BCUT2D eigenvalue weighted by molar-refractivity contribution is 14.1. The molecule has 2 rings (SSSR count). The summed E-state index contributed by atoms with van der Waals surface area (Å²) in [5, 5.41) is 0. The largest absolute Gasteiger partial charge is 0.497 e. The first-order chi connectivity index (χ1) is 9.11. The lowest BCUT2D eigenvalue weighted by molar-refractivity contribution is 0.0970. The summed E-state index contributed by atoms with van der Waals surface area (Å²) in [5.74, 6) is 0.540. The maximum absolute atomic E-state index is 12.0. The minimum absolute atomic E-state index is 0.0188. The van der Waals surface area contributed by atoms with E-state index in [1.54, 1.807) is 31.4 Å². The summed E-state index contributed by atoms with van der Waals surface area (Å²) in [5.41, 5.74) is 0.323. The fourth-order valence-corrected chi connectivity index (χ4v) is 2.03. The Morgan fingerprint density at radius 2 is 2.05 bits per heavy atom. The van der Waals surface area contributed by atoms with Gasteiger partial charge in [0.05, 0.1) is 23.6 Å². The minimum atomic E-state index is -0.211. The van der Waals surface area contributed by atoms with Crippen molar-refractivity contribution in [3.63, 3.8) is 0 Å². The number of halogens is 1. The number of benzene rings is 1. The lowest BCUT2D eigenvalue weighted by Crippen LogP contribution is -2.26. The van der Waals surface area contributed by atoms with Gasteiger partial charge < -0.3 is 4.74 Å². The zero-order chi connectivity index (χ0) is 13.8. The average molecular weight is 370 g/mol. The number of carbonyl (C=O) groups excluding carboxylic acids is 1. The number of aromatic nitrogens is 2. The van der Waals surface area contributed by atoms with Gasteiger partial charge in [-0.25, -0.2) is 4.98 Å². The number of ether oxygens (including phenoxy) is 1. The van der Waals surface area contributed by atoms with Gasteiger partial charge >= 0.3 is 0 Å². The van der Waals surface area contributed by atoms with Gasteiger partial charge in [-0.15, -0.1) is 0 Å². The van der Waals surface area contributed by atoms with E-state index in [2.05, 4.69) is 4.98 Å². The van der Waals surface area contributed by atoms with E-state index >= 15 is 0 Å². The van der Waals surface area contributed by atoms with E-state index in [0.717, 1.165) is 0 Å². The number of Topliss-reactive ketones (excluding diaryl/α,β-unsaturated/α-hetero) is 1. The predicted molar refractivity (Wildman–Crippen MR) is 78.5 cm³/mol. The van der Waals surface area contributed by atoms with Gasteiger partial charge in [0, 0.05) is 11.8 Å². The number of methoxy groups -OCH3 is 1. The molecule has 6 heteroatoms. The summed E-state index contributed by atoms with van der Waals surface area (Å²) >= 11 is 1.90. The van der Waals surface area contributed by atoms with Gasteiger partial charge in [-0.05, 0) is 46.9 Å². The van der Waals surface area contributed by atoms with Crippen LogP contribution in [0.5, 0.6) is 5.75 Å². The summed E-state index contributed by atoms with van der Waals surface area (Å²) in [6.45, 7) is -0.0188. The highest BCUT2D eigenvalue weighted by atomic mass is 127. The van der Waals surface area contributed by atoms with Crippen molar-refractivity contribution >= 4 is 28.4 Å². The first kappa shape index (κ1) is 13.7. The van der Waals surface area contributed by atoms with E-state index in [0.29, 0.717) is 14.9 Å². The van der Waals surface area contributed by atoms with Crippen molar-refractivity contribution in [2.45, 2.75) is 6.54 Å². The molecule has 0 saturated heterocycles. The van der Waals surface area contributed by atoms with Crippen LogP contribution < -0.4 is 10.3 Å². The molecule has 0 fully saturated rings. The Morgan fingerprint density at radius 1 is 1.37 bits per heavy atom. The number of hydrogen-bond donors (Lipinski definition) is 0. The molecule has 0 aliphatic heterocycles. The van der Waals surface area contributed by atoms with E-state index in [9.17, 15) is 9.59 Å². The van der Waals surface area contributed by atoms with Crippen molar-refractivity contribution in [2.24, 2.45) is 0 Å². The Labute approximate surface area is 123 Å². The first-order valence-electron chi connectivity index (χ1n) is 5.49. The van der Waals surface area contributed by atoms with E-state index in [1.165, 1.54) is 17.1 Å². The number of carbonyl (C=O) groups is 1. The molecule has 19 heavy (non-hydrogen) atoms. The molecule has 98 valence electrons. The molecule has 0 amide bonds. The van der Waals surface area contributed by atoms with Crippen molar-refractivity contribution in [3.8, 4) is 5.75 Å². The molecule has 1 heterocycles. The van der Waals surface area contributed by atoms with Gasteiger partial charge in [-0.1, -0.05) is 0 Å². The Kier molecular flexibility index (Phi) is 4.31. The SMILES string of the molecule is COc1ccc(C(=O)Cn2cncc(I)c2=O)cc1. The van der Waals surface area contributed by atoms with Crippen LogP contribution in [0.15, 0.2) is 41.6 Å². The Morgan fingerprint density at radius 3 is 2.68 bits per heavy atom. The van der Waals surface area contributed by atoms with Crippen LogP contribution in [0.25, 0.3) is 0 Å². The van der Waals surface area contributed by atoms with Crippen LogP contribution in [0.2, 0.25) is 0 Å². The molecule has 1 aromatic carbocycles. The summed E-state index contributed by atoms with van der Waals surface area (Å²) in [6, 6.07) is 6.77. The topological polar surface area (TPSA) is 61.2 Å². The molecule has 0 N–H and O–H groups in total. The van der Waals surface area contributed by atoms with Crippen molar-refractivity contribution in [1.82, 2.24) is 9.55 Å². The third-order valence-corrected chi connectivity index (χ3v) is 3.32. The van der Waals surface area contributed by atoms with Crippen LogP contribution in [-0.2, 0) is 6.54 Å². The maximum atomic E-state index is 12.0. The van der Waals surface area contributed by atoms with E-state index < -0.39 is 0 Å². The molecule has 0 atom stereocenters. The second-order valence-electron chi connectivity index (χ2n) is 3.83. The Bertz CT molecular complexity index is 650. The van der Waals surface area contributed by atoms with Crippen LogP contribution in [-0.4, -0.2) is 22.4 Å². The quantitative estimate of drug-likeness (QED) is 0.608. The van der Waals surface area contributed by atoms with E-state index in [4.69, 9.17) is 4.74 Å². The number of ketones is 1. The van der Waals surface area contributed by atoms with Gasteiger partial charge in [0.2, 0.25) is 0 Å². The third-order valence-electron chi connectivity index (χ3n) is 2.59. The molecule has 0 radical (unpaired) electrons. The van der Waals surface area contributed by atoms with Crippen LogP contribution >= 0.6 is 22.6 Å². The second-order valence-corrected chi connectivity index (χ2v) is 4.99. The minimum Gasteiger partial charge on any atom is -0.497 e. The first-order valence-corrected chi connectivity index (χ1v) is 6.57. The Balaban J connectivity index is 2.20. The standard InChI is InChI=1S/C13H11IN2O3/c1-19-10-4-2-9(3-5-10)12(17)7-16-8-15-6-11(14)13(16)18/h2-6,8H,7H2,1H3. The molecule has 5 nitrogen and oxygen atoms in total. The smallest absolute Gasteiger partial charge is 0.267 e. The molecule has 0 unspecified atom stereocenters. The number of rotatable bonds is 4. The lowest BCUT2D eigenvalue weighted by Gasteiger charge is -2.05. The zero-order valence-corrected chi connectivity index (χ0v) is 12.3. The second kappa shape index (κ2) is 5.96. The zero-order valence-electron chi connectivity index (χ0n) is 10.2. The fraction of sp³-hybridized carbons (Fsp3) is 0.154. The lowest BCUT2D eigenvalue weighted by atomic mass is 10.1. The highest BCUT2D eigenvalue weighted by Gasteiger charge is 2.09. The molecule has 0 aliphatic carbocycles. The molecule has 0 bridgehead atoms. The van der Waals surface area contributed by atoms with Gasteiger partial charge in [0.25, 0.3) is 5.56 Å². The summed E-state index contributed by atoms with van der Waals surface area (Å²) in [6.07, 6.45) is 2.84. The maximum Gasteiger partial charge on any atom is 0.267 e. The van der Waals surface area contributed by atoms with Gasteiger partial charge in [0.1, 0.15) is 5.75 Å². The molecule has 0 spiro atoms. The third kappa shape index (κ3) is 3.19. The van der Waals surface area contributed by atoms with Crippen LogP contribution in [0.4, 0.5) is 0 Å². The average Bonchev–Trinajstić information content (AvgIpc) is 2.44. The normalized spacial score (nSPS) is 10.2. The molecule has 0 aliphatic rings. The summed E-state index contributed by atoms with van der Waals surface area (Å²) in [4.78, 5) is 27.7. The highest BCUT2D eigenvalue weighted by Crippen LogP contribution is 2.12. The van der Waals surface area contributed by atoms with E-state index in [-0.39, 0.29) is 17.9 Å². The molecule has 1 aromatic heterocycles. The molecule has 2 aromatic rings. The molecular weight excluding hydrogens is 359 g/mol. The summed E-state index contributed by atoms with van der Waals surface area (Å²) in [7, 11) is 1.56. The monoisotopic (exact) mass is 370 g/mol. The van der Waals surface area contributed by atoms with Crippen LogP contribution in [0.1, 0.15) is 10.4 Å². The van der Waals surface area contributed by atoms with Gasteiger partial charge in [-0.2, -0.15) is 0 Å². The van der Waals surface area contributed by atoms with Crippen LogP contribution in [0, 0.1) is 3.57 Å². The van der Waals surface area contributed by atoms with Gasteiger partial charge in [0.15, 0.2) is 5.78 Å². The predicted octanol–water partition coefficient (Wildman–Crippen LogP) is 1.74. The van der Waals surface area contributed by atoms with Crippen molar-refractivity contribution in [1.29, 1.82) is 0 Å². The van der Waals surface area contributed by atoms with Crippen LogP contribution in [0.3, 0.4) is 0 Å². The summed E-state index contributed by atoms with van der Waals surface area (Å²) < 4.78 is 6.81. The van der Waals surface area contributed by atoms with Crippen molar-refractivity contribution < 1.29 is 9.53 Å². The number of nitrogens with zero attached hydrogens (tertiary/aromatic N) is 2. The van der Waals surface area contributed by atoms with Crippen molar-refractivity contribution in [3.05, 3.63) is 56.3 Å². The van der Waals surface area contributed by atoms with Gasteiger partial charge in [-0.3, -0.25) is 14.2 Å². The Hall–Kier alpha value is -1.70. The molecule has 0 saturated carbocycles. The van der Waals surface area contributed by atoms with Crippen molar-refractivity contribution in [2.75, 3.05) is 7.11 Å². The number of hydrogen-bond acceptors (Lipinski definition) is 4. The molecular formula is C13H11IN2O3. The van der Waals surface area contributed by atoms with E-state index in [1.807, 2.05) is 22.6 Å².